The van der Waals surface area contributed by atoms with E-state index < -0.39 is 0 Å². The molecule has 0 unspecified atom stereocenters. The molecule has 1 rings (SSSR count). The average molecular weight is 244 g/mol. The van der Waals surface area contributed by atoms with Crippen molar-refractivity contribution < 1.29 is 19.1 Å². The van der Waals surface area contributed by atoms with E-state index in [1.54, 1.807) is 11.8 Å². The van der Waals surface area contributed by atoms with Crippen LogP contribution in [0.2, 0.25) is 0 Å². The van der Waals surface area contributed by atoms with E-state index in [0.29, 0.717) is 19.7 Å². The lowest BCUT2D eigenvalue weighted by molar-refractivity contribution is -0.136. The first-order chi connectivity index (χ1) is 8.17. The van der Waals surface area contributed by atoms with E-state index in [1.807, 2.05) is 0 Å². The molecule has 0 aromatic heterocycles. The Labute approximate surface area is 101 Å². The monoisotopic (exact) mass is 244 g/mol. The van der Waals surface area contributed by atoms with Gasteiger partial charge < -0.3 is 19.7 Å². The highest BCUT2D eigenvalue weighted by Crippen LogP contribution is 2.10. The molecule has 1 aliphatic heterocycles. The van der Waals surface area contributed by atoms with Gasteiger partial charge in [0.15, 0.2) is 0 Å². The fraction of sp³-hybridized carbons (Fsp3) is 0.818. The van der Waals surface area contributed by atoms with Gasteiger partial charge in [0.05, 0.1) is 6.61 Å². The molecule has 2 amide bonds. The van der Waals surface area contributed by atoms with E-state index in [1.165, 1.54) is 7.11 Å². The second-order valence-electron chi connectivity index (χ2n) is 3.95. The lowest BCUT2D eigenvalue weighted by atomic mass is 10.1. The van der Waals surface area contributed by atoms with Crippen LogP contribution in [0.1, 0.15) is 19.8 Å². The largest absolute Gasteiger partial charge is 0.450 e. The van der Waals surface area contributed by atoms with Crippen molar-refractivity contribution in [1.29, 1.82) is 0 Å². The third-order valence-electron chi connectivity index (χ3n) is 2.71. The Morgan fingerprint density at radius 1 is 1.35 bits per heavy atom. The number of nitrogens with one attached hydrogen (secondary N) is 1. The van der Waals surface area contributed by atoms with Crippen LogP contribution in [0.15, 0.2) is 0 Å². The molecule has 17 heavy (non-hydrogen) atoms. The molecule has 0 atom stereocenters. The average Bonchev–Trinajstić information content (AvgIpc) is 2.30. The number of hydrogen-bond acceptors (Lipinski definition) is 4. The van der Waals surface area contributed by atoms with Crippen molar-refractivity contribution >= 4 is 12.0 Å². The first-order valence-corrected chi connectivity index (χ1v) is 5.87. The molecule has 0 aromatic rings. The minimum absolute atomic E-state index is 0.00193. The summed E-state index contributed by atoms with van der Waals surface area (Å²) in [6, 6.07) is 0.0978. The minimum atomic E-state index is -0.380. The summed E-state index contributed by atoms with van der Waals surface area (Å²) in [4.78, 5) is 24.5. The van der Waals surface area contributed by atoms with Gasteiger partial charge >= 0.3 is 6.09 Å². The Bertz CT molecular complexity index is 262. The third kappa shape index (κ3) is 4.60. The molecule has 0 bridgehead atoms. The summed E-state index contributed by atoms with van der Waals surface area (Å²) < 4.78 is 9.61. The van der Waals surface area contributed by atoms with E-state index in [-0.39, 0.29) is 24.6 Å². The third-order valence-corrected chi connectivity index (χ3v) is 2.71. The Morgan fingerprint density at radius 2 is 2.00 bits per heavy atom. The van der Waals surface area contributed by atoms with Crippen LogP contribution in [0.25, 0.3) is 0 Å². The van der Waals surface area contributed by atoms with Gasteiger partial charge in [0.25, 0.3) is 0 Å². The number of ether oxygens (including phenoxy) is 2. The molecular formula is C11H20N2O4. The Morgan fingerprint density at radius 3 is 2.53 bits per heavy atom. The molecule has 1 heterocycles. The molecule has 6 nitrogen and oxygen atoms in total. The predicted molar refractivity (Wildman–Crippen MR) is 61.6 cm³/mol. The van der Waals surface area contributed by atoms with Crippen molar-refractivity contribution in [2.24, 2.45) is 0 Å². The van der Waals surface area contributed by atoms with E-state index in [2.05, 4.69) is 5.32 Å². The second kappa shape index (κ2) is 7.11. The summed E-state index contributed by atoms with van der Waals surface area (Å²) in [5, 5.41) is 2.78. The zero-order valence-electron chi connectivity index (χ0n) is 10.4. The molecule has 1 fully saturated rings. The van der Waals surface area contributed by atoms with Gasteiger partial charge in [-0.2, -0.15) is 0 Å². The van der Waals surface area contributed by atoms with Gasteiger partial charge in [0, 0.05) is 26.2 Å². The summed E-state index contributed by atoms with van der Waals surface area (Å²) in [5.74, 6) is 0.00193. The van der Waals surface area contributed by atoms with Crippen LogP contribution in [0.5, 0.6) is 0 Å². The van der Waals surface area contributed by atoms with Gasteiger partial charge in [0.2, 0.25) is 5.91 Å². The number of carbonyl (C=O) groups excluding carboxylic acids is 2. The molecule has 98 valence electrons. The number of alkyl carbamates (subject to hydrolysis) is 1. The van der Waals surface area contributed by atoms with Crippen molar-refractivity contribution in [1.82, 2.24) is 10.2 Å². The van der Waals surface area contributed by atoms with Crippen molar-refractivity contribution in [2.75, 3.05) is 33.4 Å². The SMILES string of the molecule is CCOC(=O)NC1CCN(C(=O)COC)CC1. The fourth-order valence-electron chi connectivity index (χ4n) is 1.83. The van der Waals surface area contributed by atoms with Crippen LogP contribution in [-0.4, -0.2) is 56.4 Å². The van der Waals surface area contributed by atoms with Crippen molar-refractivity contribution in [3.05, 3.63) is 0 Å². The molecule has 1 aliphatic rings. The van der Waals surface area contributed by atoms with E-state index in [0.717, 1.165) is 12.8 Å². The van der Waals surface area contributed by atoms with Crippen LogP contribution in [0.4, 0.5) is 4.79 Å². The number of carbonyl (C=O) groups is 2. The molecule has 0 aliphatic carbocycles. The topological polar surface area (TPSA) is 67.9 Å². The van der Waals surface area contributed by atoms with Gasteiger partial charge in [-0.25, -0.2) is 4.79 Å². The number of amides is 2. The van der Waals surface area contributed by atoms with Crippen LogP contribution in [0.3, 0.4) is 0 Å². The maximum atomic E-state index is 11.5. The van der Waals surface area contributed by atoms with Crippen molar-refractivity contribution in [2.45, 2.75) is 25.8 Å². The van der Waals surface area contributed by atoms with Gasteiger partial charge in [-0.05, 0) is 19.8 Å². The standard InChI is InChI=1S/C11H20N2O4/c1-3-17-11(15)12-9-4-6-13(7-5-9)10(14)8-16-2/h9H,3-8H2,1-2H3,(H,12,15). The van der Waals surface area contributed by atoms with Crippen LogP contribution in [-0.2, 0) is 14.3 Å². The summed E-state index contributed by atoms with van der Waals surface area (Å²) in [5.41, 5.74) is 0. The molecule has 1 N–H and O–H groups in total. The van der Waals surface area contributed by atoms with Crippen LogP contribution >= 0.6 is 0 Å². The number of piperidine rings is 1. The van der Waals surface area contributed by atoms with Gasteiger partial charge in [-0.15, -0.1) is 0 Å². The summed E-state index contributed by atoms with van der Waals surface area (Å²) >= 11 is 0. The first kappa shape index (κ1) is 13.8. The lowest BCUT2D eigenvalue weighted by Crippen LogP contribution is -2.47. The summed E-state index contributed by atoms with van der Waals surface area (Å²) in [6.07, 6.45) is 1.14. The zero-order chi connectivity index (χ0) is 12.7. The lowest BCUT2D eigenvalue weighted by Gasteiger charge is -2.32. The van der Waals surface area contributed by atoms with Crippen LogP contribution < -0.4 is 5.32 Å². The maximum absolute atomic E-state index is 11.5. The summed E-state index contributed by atoms with van der Waals surface area (Å²) in [6.45, 7) is 3.57. The number of methoxy groups -OCH3 is 1. The molecule has 1 saturated heterocycles. The smallest absolute Gasteiger partial charge is 0.407 e. The summed E-state index contributed by atoms with van der Waals surface area (Å²) in [7, 11) is 1.51. The first-order valence-electron chi connectivity index (χ1n) is 5.87. The molecule has 0 aromatic carbocycles. The number of likely N-dealkylation sites (tertiary alicyclic amines) is 1. The number of nitrogens with zero attached hydrogens (tertiary/aromatic N) is 1. The van der Waals surface area contributed by atoms with Crippen molar-refractivity contribution in [3.8, 4) is 0 Å². The van der Waals surface area contributed by atoms with E-state index in [9.17, 15) is 9.59 Å². The minimum Gasteiger partial charge on any atom is -0.450 e. The quantitative estimate of drug-likeness (QED) is 0.776. The molecular weight excluding hydrogens is 224 g/mol. The maximum Gasteiger partial charge on any atom is 0.407 e. The highest BCUT2D eigenvalue weighted by atomic mass is 16.5. The number of rotatable bonds is 4. The second-order valence-corrected chi connectivity index (χ2v) is 3.95. The van der Waals surface area contributed by atoms with Gasteiger partial charge in [-0.1, -0.05) is 0 Å². The van der Waals surface area contributed by atoms with Gasteiger partial charge in [-0.3, -0.25) is 4.79 Å². The molecule has 0 saturated carbocycles. The van der Waals surface area contributed by atoms with E-state index in [4.69, 9.17) is 9.47 Å². The fourth-order valence-corrected chi connectivity index (χ4v) is 1.83. The Balaban J connectivity index is 2.26. The number of hydrogen-bond donors (Lipinski definition) is 1. The van der Waals surface area contributed by atoms with Crippen molar-refractivity contribution in [3.63, 3.8) is 0 Å². The Kier molecular flexibility index (Phi) is 5.76. The van der Waals surface area contributed by atoms with Crippen LogP contribution in [0, 0.1) is 0 Å². The molecule has 0 radical (unpaired) electrons. The zero-order valence-corrected chi connectivity index (χ0v) is 10.4. The van der Waals surface area contributed by atoms with E-state index >= 15 is 0 Å². The normalized spacial score (nSPS) is 16.7. The molecule has 6 heteroatoms. The predicted octanol–water partition coefficient (Wildman–Crippen LogP) is 0.370. The molecule has 0 spiro atoms. The highest BCUT2D eigenvalue weighted by Gasteiger charge is 2.23. The highest BCUT2D eigenvalue weighted by molar-refractivity contribution is 5.77. The van der Waals surface area contributed by atoms with Gasteiger partial charge in [0.1, 0.15) is 6.61 Å². The Hall–Kier alpha value is -1.30.